The van der Waals surface area contributed by atoms with Gasteiger partial charge in [-0.1, -0.05) is 57.2 Å². The molecule has 0 saturated carbocycles. The van der Waals surface area contributed by atoms with E-state index in [0.717, 1.165) is 24.5 Å². The van der Waals surface area contributed by atoms with Gasteiger partial charge in [0.25, 0.3) is 0 Å². The van der Waals surface area contributed by atoms with Crippen LogP contribution in [0, 0.1) is 55.4 Å². The minimum absolute atomic E-state index is 0.135. The first-order valence-corrected chi connectivity index (χ1v) is 20.6. The molecule has 0 bridgehead atoms. The van der Waals surface area contributed by atoms with E-state index in [0.29, 0.717) is 0 Å². The van der Waals surface area contributed by atoms with E-state index >= 15 is 0 Å². The molecule has 0 fully saturated rings. The number of para-hydroxylation sites is 2. The molecule has 2 aromatic heterocycles. The number of benzene rings is 4. The number of rotatable bonds is 2. The Morgan fingerprint density at radius 2 is 1.16 bits per heavy atom. The molecular formula is C46H50B2N8. The van der Waals surface area contributed by atoms with Gasteiger partial charge >= 0.3 is 14.0 Å². The Bertz CT molecular complexity index is 2690. The van der Waals surface area contributed by atoms with Gasteiger partial charge in [0.05, 0.1) is 34.1 Å². The van der Waals surface area contributed by atoms with E-state index < -0.39 is 0 Å². The van der Waals surface area contributed by atoms with Crippen LogP contribution in [0.25, 0.3) is 0 Å². The van der Waals surface area contributed by atoms with Crippen molar-refractivity contribution >= 4 is 70.8 Å². The van der Waals surface area contributed by atoms with Crippen molar-refractivity contribution in [3.63, 3.8) is 0 Å². The summed E-state index contributed by atoms with van der Waals surface area (Å²) in [7, 11) is 0. The highest BCUT2D eigenvalue weighted by Gasteiger charge is 2.62. The Morgan fingerprint density at radius 3 is 1.75 bits per heavy atom. The molecule has 6 heterocycles. The van der Waals surface area contributed by atoms with Crippen molar-refractivity contribution in [3.05, 3.63) is 116 Å². The molecule has 0 atom stereocenters. The normalized spacial score (nSPS) is 16.3. The second kappa shape index (κ2) is 11.2. The summed E-state index contributed by atoms with van der Waals surface area (Å²) in [5, 5.41) is 8.32. The lowest BCUT2D eigenvalue weighted by molar-refractivity contribution is 0.572. The largest absolute Gasteiger partial charge is 0.417 e. The molecule has 4 aromatic carbocycles. The summed E-state index contributed by atoms with van der Waals surface area (Å²) in [6, 6.07) is 18.3. The van der Waals surface area contributed by atoms with Crippen LogP contribution in [0.4, 0.5) is 45.9 Å². The topological polar surface area (TPSA) is 48.6 Å². The number of fused-ring (bicyclic) bond motifs is 11. The molecule has 0 saturated heterocycles. The lowest BCUT2D eigenvalue weighted by atomic mass is 9.53. The monoisotopic (exact) mass is 736 g/mol. The first-order valence-electron chi connectivity index (χ1n) is 20.6. The minimum atomic E-state index is -0.148. The lowest BCUT2D eigenvalue weighted by Crippen LogP contribution is -2.64. The number of anilines is 8. The first-order chi connectivity index (χ1) is 26.8. The smallest absolute Gasteiger partial charge is 0.340 e. The lowest BCUT2D eigenvalue weighted by Gasteiger charge is -2.40. The van der Waals surface area contributed by atoms with Crippen LogP contribution in [0.15, 0.2) is 54.7 Å². The maximum Gasteiger partial charge on any atom is 0.417 e. The molecule has 4 aliphatic heterocycles. The molecule has 8 nitrogen and oxygen atoms in total. The highest BCUT2D eigenvalue weighted by atomic mass is 15.7. The van der Waals surface area contributed by atoms with Crippen molar-refractivity contribution in [3.8, 4) is 0 Å². The SMILES string of the molecule is Cc1cc2c3c(c1C)N1c4c(C)c(C)cc5c4B(N1B3n1cc(C(C)(C)C)nc1N2c1c(C)cccc1C)n1nc2c(c1N5c1c(C)cccc1C)CCCC2. The number of imidazole rings is 1. The minimum Gasteiger partial charge on any atom is -0.340 e. The molecule has 5 aliphatic rings. The molecule has 0 spiro atoms. The van der Waals surface area contributed by atoms with E-state index in [1.54, 1.807) is 0 Å². The van der Waals surface area contributed by atoms with Gasteiger partial charge in [-0.3, -0.25) is 19.4 Å². The third-order valence-electron chi connectivity index (χ3n) is 13.7. The number of hydrogen-bond donors (Lipinski definition) is 0. The van der Waals surface area contributed by atoms with Crippen LogP contribution in [0.3, 0.4) is 0 Å². The van der Waals surface area contributed by atoms with Gasteiger partial charge in [0.2, 0.25) is 5.95 Å². The predicted octanol–water partition coefficient (Wildman–Crippen LogP) is 9.16. The molecule has 0 amide bonds. The molecule has 56 heavy (non-hydrogen) atoms. The van der Waals surface area contributed by atoms with Gasteiger partial charge in [0.1, 0.15) is 5.82 Å². The Labute approximate surface area is 332 Å². The maximum absolute atomic E-state index is 5.69. The highest BCUT2D eigenvalue weighted by molar-refractivity contribution is 6.91. The van der Waals surface area contributed by atoms with Gasteiger partial charge in [-0.05, 0) is 138 Å². The van der Waals surface area contributed by atoms with Crippen LogP contribution in [0.5, 0.6) is 0 Å². The van der Waals surface area contributed by atoms with E-state index in [-0.39, 0.29) is 19.4 Å². The summed E-state index contributed by atoms with van der Waals surface area (Å²) < 4.78 is 4.94. The molecule has 11 rings (SSSR count). The number of nitrogens with zero attached hydrogens (tertiary/aromatic N) is 8. The number of hydrogen-bond acceptors (Lipinski definition) is 6. The second-order valence-corrected chi connectivity index (χ2v) is 18.3. The summed E-state index contributed by atoms with van der Waals surface area (Å²) in [4.78, 5) is 13.4. The molecule has 0 N–H and O–H groups in total. The Hall–Kier alpha value is -5.21. The summed E-state index contributed by atoms with van der Waals surface area (Å²) in [6.07, 6.45) is 6.80. The fourth-order valence-electron chi connectivity index (χ4n) is 10.7. The van der Waals surface area contributed by atoms with E-state index in [4.69, 9.17) is 10.1 Å². The molecule has 6 aromatic rings. The standard InChI is InChI=1S/C46H50B2N8/c1-25-16-14-17-26(2)40(25)52-35-22-29(5)32(8)43-39(35)48(55-44(52)33-20-12-13-21-34(33)50-55)56-47-38-36(23-30(6)31(7)42(38)54(43)56)53(41-27(3)18-15-19-28(41)4)45-49-37(24-51(45)47)46(9,10)11/h14-19,22-24H,12-13,20-21H2,1-11H3. The van der Waals surface area contributed by atoms with Crippen molar-refractivity contribution in [2.24, 2.45) is 0 Å². The van der Waals surface area contributed by atoms with E-state index in [1.165, 1.54) is 119 Å². The zero-order chi connectivity index (χ0) is 38.8. The molecule has 0 radical (unpaired) electrons. The van der Waals surface area contributed by atoms with Crippen LogP contribution in [0.1, 0.15) is 95.1 Å². The second-order valence-electron chi connectivity index (χ2n) is 18.3. The van der Waals surface area contributed by atoms with Crippen LogP contribution in [-0.4, -0.2) is 37.9 Å². The van der Waals surface area contributed by atoms with Gasteiger partial charge in [0, 0.05) is 39.5 Å². The quantitative estimate of drug-likeness (QED) is 0.165. The Kier molecular flexibility index (Phi) is 6.83. The van der Waals surface area contributed by atoms with Crippen molar-refractivity contribution in [2.45, 2.75) is 107 Å². The zero-order valence-electron chi connectivity index (χ0n) is 34.8. The molecular weight excluding hydrogens is 686 g/mol. The molecule has 0 unspecified atom stereocenters. The van der Waals surface area contributed by atoms with Crippen molar-refractivity contribution in [2.75, 3.05) is 14.8 Å². The fourth-order valence-corrected chi connectivity index (χ4v) is 10.7. The van der Waals surface area contributed by atoms with Crippen molar-refractivity contribution in [1.29, 1.82) is 0 Å². The number of aryl methyl sites for hydroxylation is 7. The van der Waals surface area contributed by atoms with Gasteiger partial charge in [0.15, 0.2) is 0 Å². The van der Waals surface area contributed by atoms with E-state index in [2.05, 4.69) is 160 Å². The van der Waals surface area contributed by atoms with Gasteiger partial charge in [-0.15, -0.1) is 0 Å². The van der Waals surface area contributed by atoms with Gasteiger partial charge < -0.3 is 4.48 Å². The first kappa shape index (κ1) is 34.1. The Morgan fingerprint density at radius 1 is 0.625 bits per heavy atom. The van der Waals surface area contributed by atoms with E-state index in [9.17, 15) is 0 Å². The molecule has 1 aliphatic carbocycles. The number of hydrazine groups is 1. The average Bonchev–Trinajstić information content (AvgIpc) is 3.91. The average molecular weight is 737 g/mol. The fraction of sp³-hybridized carbons (Fsp3) is 0.348. The molecule has 10 heteroatoms. The van der Waals surface area contributed by atoms with Crippen LogP contribution >= 0.6 is 0 Å². The third-order valence-corrected chi connectivity index (χ3v) is 13.7. The van der Waals surface area contributed by atoms with Gasteiger partial charge in [-0.25, -0.2) is 9.81 Å². The van der Waals surface area contributed by atoms with Crippen molar-refractivity contribution < 1.29 is 0 Å². The third kappa shape index (κ3) is 4.15. The van der Waals surface area contributed by atoms with E-state index in [1.807, 2.05) is 0 Å². The summed E-state index contributed by atoms with van der Waals surface area (Å²) >= 11 is 0. The predicted molar refractivity (Wildman–Crippen MR) is 233 cm³/mol. The Balaban J connectivity index is 1.27. The zero-order valence-corrected chi connectivity index (χ0v) is 34.8. The summed E-state index contributed by atoms with van der Waals surface area (Å²) in [6.45, 7) is 24.9. The number of aromatic nitrogens is 4. The van der Waals surface area contributed by atoms with Gasteiger partial charge in [-0.2, -0.15) is 5.10 Å². The maximum atomic E-state index is 5.69. The molecule has 280 valence electrons. The summed E-state index contributed by atoms with van der Waals surface area (Å²) in [5.41, 5.74) is 24.1. The van der Waals surface area contributed by atoms with Crippen molar-refractivity contribution in [1.82, 2.24) is 24.0 Å². The van der Waals surface area contributed by atoms with Crippen LogP contribution < -0.4 is 25.7 Å². The van der Waals surface area contributed by atoms with Crippen LogP contribution in [-0.2, 0) is 18.3 Å². The van der Waals surface area contributed by atoms with Crippen LogP contribution in [0.2, 0.25) is 0 Å². The summed E-state index contributed by atoms with van der Waals surface area (Å²) in [5.74, 6) is 2.21. The highest BCUT2D eigenvalue weighted by Crippen LogP contribution is 2.55.